The summed E-state index contributed by atoms with van der Waals surface area (Å²) < 4.78 is 1.52. The van der Waals surface area contributed by atoms with Crippen LogP contribution >= 0.6 is 0 Å². The molecule has 3 N–H and O–H groups in total. The van der Waals surface area contributed by atoms with E-state index in [1.807, 2.05) is 0 Å². The van der Waals surface area contributed by atoms with Crippen LogP contribution in [0.1, 0.15) is 6.42 Å². The number of hydrogen-bond donors (Lipinski definition) is 2. The average molecular weight is 301 g/mol. The second-order valence-electron chi connectivity index (χ2n) is 5.01. The van der Waals surface area contributed by atoms with Gasteiger partial charge in [0.05, 0.1) is 17.8 Å². The molecule has 2 aromatic heterocycles. The highest BCUT2D eigenvalue weighted by atomic mass is 16.2. The molecule has 22 heavy (non-hydrogen) atoms. The summed E-state index contributed by atoms with van der Waals surface area (Å²) in [6.45, 7) is 0.871. The first-order valence-corrected chi connectivity index (χ1v) is 6.80. The second kappa shape index (κ2) is 5.80. The van der Waals surface area contributed by atoms with Gasteiger partial charge >= 0.3 is 6.03 Å². The number of nitrogens with zero attached hydrogens (tertiary/aromatic N) is 5. The predicted molar refractivity (Wildman–Crippen MR) is 77.0 cm³/mol. The van der Waals surface area contributed by atoms with Crippen molar-refractivity contribution in [3.05, 3.63) is 31.0 Å². The number of urea groups is 1. The summed E-state index contributed by atoms with van der Waals surface area (Å²) in [5.74, 6) is -0.0295. The molecule has 0 bridgehead atoms. The van der Waals surface area contributed by atoms with Crippen LogP contribution in [0.3, 0.4) is 0 Å². The van der Waals surface area contributed by atoms with E-state index < -0.39 is 0 Å². The number of pyridine rings is 1. The van der Waals surface area contributed by atoms with Crippen molar-refractivity contribution in [1.82, 2.24) is 24.6 Å². The Balaban J connectivity index is 1.61. The van der Waals surface area contributed by atoms with Gasteiger partial charge in [0.1, 0.15) is 12.7 Å². The fourth-order valence-corrected chi connectivity index (χ4v) is 2.30. The number of anilines is 1. The molecule has 3 amide bonds. The highest BCUT2D eigenvalue weighted by Crippen LogP contribution is 2.17. The van der Waals surface area contributed by atoms with Crippen LogP contribution in [-0.2, 0) is 4.79 Å². The quantitative estimate of drug-likeness (QED) is 0.827. The molecule has 1 aliphatic rings. The molecule has 1 fully saturated rings. The summed E-state index contributed by atoms with van der Waals surface area (Å²) in [7, 11) is 0. The SMILES string of the molecule is NC(=O)C1CCN(C(=O)Nc2ccc(-n3cncn3)nc2)C1. The van der Waals surface area contributed by atoms with Crippen LogP contribution in [-0.4, -0.2) is 49.7 Å². The Labute approximate surface area is 126 Å². The fraction of sp³-hybridized carbons (Fsp3) is 0.308. The zero-order valence-electron chi connectivity index (χ0n) is 11.7. The molecule has 0 radical (unpaired) electrons. The van der Waals surface area contributed by atoms with E-state index in [1.54, 1.807) is 17.0 Å². The molecule has 3 rings (SSSR count). The number of rotatable bonds is 3. The molecule has 0 aliphatic carbocycles. The third-order valence-corrected chi connectivity index (χ3v) is 3.53. The van der Waals surface area contributed by atoms with Crippen LogP contribution in [0.25, 0.3) is 5.82 Å². The lowest BCUT2D eigenvalue weighted by Crippen LogP contribution is -2.34. The molecule has 1 aliphatic heterocycles. The van der Waals surface area contributed by atoms with E-state index in [4.69, 9.17) is 5.73 Å². The number of nitrogens with one attached hydrogen (secondary N) is 1. The number of carbonyl (C=O) groups is 2. The number of nitrogens with two attached hydrogens (primary N) is 1. The molecule has 9 heteroatoms. The predicted octanol–water partition coefficient (Wildman–Crippen LogP) is 0.00140. The van der Waals surface area contributed by atoms with Gasteiger partial charge < -0.3 is 16.0 Å². The number of likely N-dealkylation sites (tertiary alicyclic amines) is 1. The summed E-state index contributed by atoms with van der Waals surface area (Å²) in [4.78, 5) is 32.8. The summed E-state index contributed by atoms with van der Waals surface area (Å²) in [5, 5.41) is 6.71. The molecule has 0 saturated carbocycles. The highest BCUT2D eigenvalue weighted by molar-refractivity contribution is 5.90. The van der Waals surface area contributed by atoms with Crippen molar-refractivity contribution in [1.29, 1.82) is 0 Å². The number of carbonyl (C=O) groups excluding carboxylic acids is 2. The molecule has 0 spiro atoms. The molecule has 2 aromatic rings. The van der Waals surface area contributed by atoms with Crippen LogP contribution in [0.5, 0.6) is 0 Å². The monoisotopic (exact) mass is 301 g/mol. The summed E-state index contributed by atoms with van der Waals surface area (Å²) in [5.41, 5.74) is 5.82. The Kier molecular flexibility index (Phi) is 3.69. The lowest BCUT2D eigenvalue weighted by atomic mass is 10.1. The summed E-state index contributed by atoms with van der Waals surface area (Å²) >= 11 is 0. The standard InChI is InChI=1S/C13H15N7O2/c14-12(21)9-3-4-19(6-9)13(22)18-10-1-2-11(16-5-10)20-8-15-7-17-20/h1-2,5,7-9H,3-4,6H2,(H2,14,21)(H,18,22). The number of aromatic nitrogens is 4. The zero-order chi connectivity index (χ0) is 15.5. The van der Waals surface area contributed by atoms with E-state index in [0.717, 1.165) is 0 Å². The molecular weight excluding hydrogens is 286 g/mol. The van der Waals surface area contributed by atoms with Gasteiger partial charge in [-0.25, -0.2) is 19.4 Å². The van der Waals surface area contributed by atoms with Gasteiger partial charge in [0.2, 0.25) is 5.91 Å². The van der Waals surface area contributed by atoms with E-state index >= 15 is 0 Å². The third-order valence-electron chi connectivity index (χ3n) is 3.53. The van der Waals surface area contributed by atoms with Crippen LogP contribution in [0.4, 0.5) is 10.5 Å². The Bertz CT molecular complexity index is 668. The van der Waals surface area contributed by atoms with Gasteiger partial charge in [-0.15, -0.1) is 0 Å². The lowest BCUT2D eigenvalue weighted by molar-refractivity contribution is -0.121. The smallest absolute Gasteiger partial charge is 0.321 e. The Morgan fingerprint density at radius 3 is 2.82 bits per heavy atom. The number of amides is 3. The lowest BCUT2D eigenvalue weighted by Gasteiger charge is -2.16. The van der Waals surface area contributed by atoms with Crippen molar-refractivity contribution in [2.45, 2.75) is 6.42 Å². The van der Waals surface area contributed by atoms with Crippen molar-refractivity contribution in [3.63, 3.8) is 0 Å². The van der Waals surface area contributed by atoms with Gasteiger partial charge in [-0.3, -0.25) is 4.79 Å². The Hall–Kier alpha value is -2.97. The van der Waals surface area contributed by atoms with Gasteiger partial charge in [-0.05, 0) is 18.6 Å². The van der Waals surface area contributed by atoms with Crippen molar-refractivity contribution in [2.75, 3.05) is 18.4 Å². The fourth-order valence-electron chi connectivity index (χ4n) is 2.30. The third kappa shape index (κ3) is 2.87. The van der Waals surface area contributed by atoms with Crippen molar-refractivity contribution < 1.29 is 9.59 Å². The first-order valence-electron chi connectivity index (χ1n) is 6.80. The van der Waals surface area contributed by atoms with Crippen LogP contribution < -0.4 is 11.1 Å². The largest absolute Gasteiger partial charge is 0.369 e. The molecule has 114 valence electrons. The second-order valence-corrected chi connectivity index (χ2v) is 5.01. The van der Waals surface area contributed by atoms with E-state index in [1.165, 1.54) is 23.5 Å². The van der Waals surface area contributed by atoms with E-state index in [0.29, 0.717) is 31.0 Å². The normalized spacial score (nSPS) is 17.5. The molecule has 1 saturated heterocycles. The maximum absolute atomic E-state index is 12.1. The number of primary amides is 1. The summed E-state index contributed by atoms with van der Waals surface area (Å²) in [6, 6.07) is 3.18. The molecule has 1 unspecified atom stereocenters. The number of hydrogen-bond acceptors (Lipinski definition) is 5. The first-order chi connectivity index (χ1) is 10.6. The summed E-state index contributed by atoms with van der Waals surface area (Å²) in [6.07, 6.45) is 5.09. The van der Waals surface area contributed by atoms with Crippen molar-refractivity contribution >= 4 is 17.6 Å². The first kappa shape index (κ1) is 14.0. The van der Waals surface area contributed by atoms with E-state index in [-0.39, 0.29) is 17.9 Å². The zero-order valence-corrected chi connectivity index (χ0v) is 11.7. The minimum Gasteiger partial charge on any atom is -0.369 e. The molecular formula is C13H15N7O2. The molecule has 0 aromatic carbocycles. The van der Waals surface area contributed by atoms with Gasteiger partial charge in [-0.1, -0.05) is 0 Å². The van der Waals surface area contributed by atoms with Gasteiger partial charge in [0.25, 0.3) is 0 Å². The van der Waals surface area contributed by atoms with Crippen LogP contribution in [0.2, 0.25) is 0 Å². The molecule has 9 nitrogen and oxygen atoms in total. The molecule has 1 atom stereocenters. The maximum Gasteiger partial charge on any atom is 0.321 e. The van der Waals surface area contributed by atoms with Crippen molar-refractivity contribution in [3.8, 4) is 5.82 Å². The minimum absolute atomic E-state index is 0.265. The van der Waals surface area contributed by atoms with Gasteiger partial charge in [0.15, 0.2) is 5.82 Å². The van der Waals surface area contributed by atoms with E-state index in [2.05, 4.69) is 20.4 Å². The minimum atomic E-state index is -0.367. The van der Waals surface area contributed by atoms with Crippen molar-refractivity contribution in [2.24, 2.45) is 11.7 Å². The van der Waals surface area contributed by atoms with Gasteiger partial charge in [-0.2, -0.15) is 5.10 Å². The Morgan fingerprint density at radius 1 is 1.36 bits per heavy atom. The van der Waals surface area contributed by atoms with Crippen LogP contribution in [0, 0.1) is 5.92 Å². The van der Waals surface area contributed by atoms with Crippen LogP contribution in [0.15, 0.2) is 31.0 Å². The Morgan fingerprint density at radius 2 is 2.23 bits per heavy atom. The maximum atomic E-state index is 12.1. The van der Waals surface area contributed by atoms with E-state index in [9.17, 15) is 9.59 Å². The van der Waals surface area contributed by atoms with Gasteiger partial charge in [0, 0.05) is 13.1 Å². The topological polar surface area (TPSA) is 119 Å². The average Bonchev–Trinajstić information content (AvgIpc) is 3.20. The highest BCUT2D eigenvalue weighted by Gasteiger charge is 2.29. The molecule has 3 heterocycles.